The van der Waals surface area contributed by atoms with Gasteiger partial charge in [0.1, 0.15) is 5.82 Å². The van der Waals surface area contributed by atoms with Crippen LogP contribution in [0, 0.1) is 17.7 Å². The first-order valence-corrected chi connectivity index (χ1v) is 6.62. The zero-order valence-corrected chi connectivity index (χ0v) is 11.0. The molecule has 0 bridgehead atoms. The summed E-state index contributed by atoms with van der Waals surface area (Å²) in [6, 6.07) is 9.09. The summed E-state index contributed by atoms with van der Waals surface area (Å²) >= 11 is 1.55. The topological polar surface area (TPSA) is 12.0 Å². The number of nitrogens with one attached hydrogen (secondary N) is 1. The van der Waals surface area contributed by atoms with Crippen molar-refractivity contribution >= 4 is 11.3 Å². The summed E-state index contributed by atoms with van der Waals surface area (Å²) in [7, 11) is 0. The molecule has 1 N–H and O–H groups in total. The van der Waals surface area contributed by atoms with Crippen LogP contribution in [0.15, 0.2) is 35.7 Å². The Morgan fingerprint density at radius 2 is 2.22 bits per heavy atom. The van der Waals surface area contributed by atoms with E-state index in [-0.39, 0.29) is 5.82 Å². The molecule has 2 aromatic rings. The molecule has 1 aromatic heterocycles. The number of hydrogen-bond donors (Lipinski definition) is 1. The lowest BCUT2D eigenvalue weighted by atomic mass is 10.1. The fourth-order valence-corrected chi connectivity index (χ4v) is 2.41. The smallest absolute Gasteiger partial charge is 0.131 e. The lowest BCUT2D eigenvalue weighted by Crippen LogP contribution is -2.13. The van der Waals surface area contributed by atoms with Crippen LogP contribution in [0.5, 0.6) is 0 Å². The molecule has 0 aliphatic rings. The molecule has 0 atom stereocenters. The van der Waals surface area contributed by atoms with Gasteiger partial charge in [0.05, 0.1) is 6.54 Å². The molecule has 92 valence electrons. The van der Waals surface area contributed by atoms with Crippen molar-refractivity contribution in [3.8, 4) is 22.3 Å². The van der Waals surface area contributed by atoms with E-state index >= 15 is 0 Å². The van der Waals surface area contributed by atoms with Gasteiger partial charge in [-0.3, -0.25) is 0 Å². The van der Waals surface area contributed by atoms with Crippen molar-refractivity contribution < 1.29 is 4.39 Å². The molecule has 2 rings (SSSR count). The molecule has 0 fully saturated rings. The lowest BCUT2D eigenvalue weighted by molar-refractivity contribution is 0.630. The zero-order chi connectivity index (χ0) is 12.8. The van der Waals surface area contributed by atoms with E-state index in [1.807, 2.05) is 30.5 Å². The molecule has 1 heterocycles. The zero-order valence-electron chi connectivity index (χ0n) is 10.2. The van der Waals surface area contributed by atoms with Crippen LogP contribution in [-0.2, 0) is 6.54 Å². The highest BCUT2D eigenvalue weighted by Gasteiger charge is 2.06. The number of thiophene rings is 1. The van der Waals surface area contributed by atoms with E-state index in [1.165, 1.54) is 6.07 Å². The second-order valence-electron chi connectivity index (χ2n) is 3.82. The van der Waals surface area contributed by atoms with Gasteiger partial charge in [0.15, 0.2) is 0 Å². The molecule has 1 nitrogen and oxygen atoms in total. The molecular formula is C15H14FNS. The van der Waals surface area contributed by atoms with Crippen molar-refractivity contribution in [1.29, 1.82) is 0 Å². The van der Waals surface area contributed by atoms with Crippen molar-refractivity contribution in [2.75, 3.05) is 6.54 Å². The predicted octanol–water partition coefficient (Wildman–Crippen LogP) is 3.67. The number of halogens is 1. The largest absolute Gasteiger partial charge is 0.302 e. The van der Waals surface area contributed by atoms with E-state index in [1.54, 1.807) is 17.4 Å². The lowest BCUT2D eigenvalue weighted by Gasteiger charge is -2.05. The van der Waals surface area contributed by atoms with Crippen molar-refractivity contribution in [3.05, 3.63) is 47.1 Å². The predicted molar refractivity (Wildman–Crippen MR) is 74.9 cm³/mol. The normalized spacial score (nSPS) is 9.89. The summed E-state index contributed by atoms with van der Waals surface area (Å²) < 4.78 is 13.7. The van der Waals surface area contributed by atoms with E-state index in [0.29, 0.717) is 18.7 Å². The van der Waals surface area contributed by atoms with Gasteiger partial charge in [0, 0.05) is 17.0 Å². The van der Waals surface area contributed by atoms with E-state index in [9.17, 15) is 4.39 Å². The summed E-state index contributed by atoms with van der Waals surface area (Å²) in [5, 5.41) is 5.16. The average Bonchev–Trinajstić information content (AvgIpc) is 2.90. The third-order valence-electron chi connectivity index (χ3n) is 2.54. The van der Waals surface area contributed by atoms with Gasteiger partial charge >= 0.3 is 0 Å². The van der Waals surface area contributed by atoms with Crippen LogP contribution >= 0.6 is 11.3 Å². The first kappa shape index (κ1) is 12.8. The van der Waals surface area contributed by atoms with Crippen LogP contribution in [0.1, 0.15) is 12.5 Å². The molecule has 0 radical (unpaired) electrons. The fraction of sp³-hybridized carbons (Fsp3) is 0.200. The molecule has 0 saturated carbocycles. The Hall–Kier alpha value is -1.63. The van der Waals surface area contributed by atoms with Gasteiger partial charge in [-0.1, -0.05) is 18.1 Å². The Morgan fingerprint density at radius 3 is 2.94 bits per heavy atom. The van der Waals surface area contributed by atoms with Crippen LogP contribution in [0.4, 0.5) is 4.39 Å². The number of benzene rings is 1. The summed E-state index contributed by atoms with van der Waals surface area (Å²) in [5.74, 6) is 5.59. The van der Waals surface area contributed by atoms with E-state index in [2.05, 4.69) is 17.2 Å². The summed E-state index contributed by atoms with van der Waals surface area (Å²) in [4.78, 5) is 0.961. The number of rotatable bonds is 4. The average molecular weight is 259 g/mol. The molecule has 0 saturated heterocycles. The van der Waals surface area contributed by atoms with Gasteiger partial charge in [0.25, 0.3) is 0 Å². The Morgan fingerprint density at radius 1 is 1.33 bits per heavy atom. The Labute approximate surface area is 111 Å². The third kappa shape index (κ3) is 3.19. The monoisotopic (exact) mass is 259 g/mol. The molecule has 1 aromatic carbocycles. The van der Waals surface area contributed by atoms with Crippen LogP contribution in [0.25, 0.3) is 10.4 Å². The van der Waals surface area contributed by atoms with Crippen LogP contribution in [0.2, 0.25) is 0 Å². The molecule has 0 aliphatic carbocycles. The molecular weight excluding hydrogens is 245 g/mol. The molecule has 0 unspecified atom stereocenters. The first-order valence-electron chi connectivity index (χ1n) is 5.74. The quantitative estimate of drug-likeness (QED) is 0.652. The highest BCUT2D eigenvalue weighted by molar-refractivity contribution is 7.13. The molecule has 3 heteroatoms. The van der Waals surface area contributed by atoms with E-state index in [0.717, 1.165) is 10.4 Å². The van der Waals surface area contributed by atoms with Crippen LogP contribution in [-0.4, -0.2) is 6.54 Å². The standard InChI is InChI=1S/C15H14FNS/c1-2-3-8-17-11-12-6-7-14(16)13(10-12)15-5-4-9-18-15/h4-7,9-10,17H,8,11H2,1H3. The van der Waals surface area contributed by atoms with Crippen LogP contribution < -0.4 is 5.32 Å². The van der Waals surface area contributed by atoms with Gasteiger partial charge in [-0.2, -0.15) is 0 Å². The second kappa shape index (κ2) is 6.34. The minimum Gasteiger partial charge on any atom is -0.302 e. The van der Waals surface area contributed by atoms with Crippen molar-refractivity contribution in [1.82, 2.24) is 5.32 Å². The van der Waals surface area contributed by atoms with E-state index < -0.39 is 0 Å². The van der Waals surface area contributed by atoms with Gasteiger partial charge < -0.3 is 5.32 Å². The first-order chi connectivity index (χ1) is 8.81. The Kier molecular flexibility index (Phi) is 4.52. The highest BCUT2D eigenvalue weighted by atomic mass is 32.1. The second-order valence-corrected chi connectivity index (χ2v) is 4.77. The van der Waals surface area contributed by atoms with E-state index in [4.69, 9.17) is 0 Å². The van der Waals surface area contributed by atoms with Crippen molar-refractivity contribution in [2.24, 2.45) is 0 Å². The molecule has 0 amide bonds. The minimum absolute atomic E-state index is 0.172. The van der Waals surface area contributed by atoms with Gasteiger partial charge in [-0.05, 0) is 36.1 Å². The van der Waals surface area contributed by atoms with Crippen molar-refractivity contribution in [2.45, 2.75) is 13.5 Å². The summed E-state index contributed by atoms with van der Waals surface area (Å²) in [6.07, 6.45) is 0. The molecule has 18 heavy (non-hydrogen) atoms. The molecule has 0 spiro atoms. The van der Waals surface area contributed by atoms with Gasteiger partial charge in [0.2, 0.25) is 0 Å². The SMILES string of the molecule is CC#CCNCc1ccc(F)c(-c2cccs2)c1. The maximum atomic E-state index is 13.7. The summed E-state index contributed by atoms with van der Waals surface area (Å²) in [6.45, 7) is 3.17. The Bertz CT molecular complexity index is 564. The fourth-order valence-electron chi connectivity index (χ4n) is 1.66. The molecule has 0 aliphatic heterocycles. The van der Waals surface area contributed by atoms with Crippen LogP contribution in [0.3, 0.4) is 0 Å². The summed E-state index contributed by atoms with van der Waals surface area (Å²) in [5.41, 5.74) is 1.74. The highest BCUT2D eigenvalue weighted by Crippen LogP contribution is 2.28. The number of hydrogen-bond acceptors (Lipinski definition) is 2. The van der Waals surface area contributed by atoms with Gasteiger partial charge in [-0.15, -0.1) is 17.3 Å². The minimum atomic E-state index is -0.172. The van der Waals surface area contributed by atoms with Crippen molar-refractivity contribution in [3.63, 3.8) is 0 Å². The maximum Gasteiger partial charge on any atom is 0.131 e. The third-order valence-corrected chi connectivity index (χ3v) is 3.44. The Balaban J connectivity index is 2.13. The maximum absolute atomic E-state index is 13.7. The van der Waals surface area contributed by atoms with Gasteiger partial charge in [-0.25, -0.2) is 4.39 Å².